The predicted octanol–water partition coefficient (Wildman–Crippen LogP) is 4.19. The molecule has 23 heavy (non-hydrogen) atoms. The van der Waals surface area contributed by atoms with Gasteiger partial charge in [0.1, 0.15) is 0 Å². The Balaban J connectivity index is 1.84. The van der Waals surface area contributed by atoms with Crippen LogP contribution in [-0.4, -0.2) is 11.6 Å². The second kappa shape index (κ2) is 5.49. The molecule has 1 atom stereocenters. The Morgan fingerprint density at radius 2 is 1.87 bits per heavy atom. The average molecular weight is 326 g/mol. The van der Waals surface area contributed by atoms with E-state index in [-0.39, 0.29) is 17.1 Å². The van der Waals surface area contributed by atoms with Gasteiger partial charge in [0.05, 0.1) is 5.56 Å². The van der Waals surface area contributed by atoms with Gasteiger partial charge in [0.15, 0.2) is 0 Å². The Labute approximate surface area is 135 Å². The van der Waals surface area contributed by atoms with Crippen molar-refractivity contribution in [1.82, 2.24) is 5.32 Å². The van der Waals surface area contributed by atoms with Crippen LogP contribution in [0.2, 0.25) is 0 Å². The van der Waals surface area contributed by atoms with Gasteiger partial charge in [-0.15, -0.1) is 0 Å². The molecule has 2 aliphatic rings. The highest BCUT2D eigenvalue weighted by Crippen LogP contribution is 2.49. The first-order valence-corrected chi connectivity index (χ1v) is 8.36. The van der Waals surface area contributed by atoms with E-state index in [9.17, 15) is 13.2 Å². The topological polar surface area (TPSA) is 38.0 Å². The van der Waals surface area contributed by atoms with Crippen molar-refractivity contribution in [2.75, 3.05) is 0 Å². The molecule has 2 nitrogen and oxygen atoms in total. The van der Waals surface area contributed by atoms with Gasteiger partial charge in [0, 0.05) is 17.1 Å². The Morgan fingerprint density at radius 1 is 1.22 bits per heavy atom. The lowest BCUT2D eigenvalue weighted by atomic mass is 9.72. The minimum Gasteiger partial charge on any atom is -0.324 e. The fourth-order valence-electron chi connectivity index (χ4n) is 3.62. The third-order valence-electron chi connectivity index (χ3n) is 5.35. The molecule has 0 bridgehead atoms. The van der Waals surface area contributed by atoms with Crippen LogP contribution in [0.5, 0.6) is 0 Å². The standard InChI is InChI=1S/C18H25F3N2/c1-16(2,22)15(12-5-3-6-12)23-17(9-10-17)13-7-4-8-14(11-13)18(19,20)21/h4,7-8,11-12,15,23H,3,5-6,9-10,22H2,1-2H3. The van der Waals surface area contributed by atoms with Crippen LogP contribution in [0.4, 0.5) is 13.2 Å². The molecule has 2 saturated carbocycles. The number of halogens is 3. The molecule has 5 heteroatoms. The molecule has 0 spiro atoms. The summed E-state index contributed by atoms with van der Waals surface area (Å²) in [7, 11) is 0. The molecule has 3 N–H and O–H groups in total. The number of rotatable bonds is 5. The molecule has 1 unspecified atom stereocenters. The first-order valence-electron chi connectivity index (χ1n) is 8.36. The van der Waals surface area contributed by atoms with Crippen LogP contribution in [0.15, 0.2) is 24.3 Å². The van der Waals surface area contributed by atoms with Crippen molar-refractivity contribution in [3.63, 3.8) is 0 Å². The molecule has 1 aromatic rings. The molecule has 1 aromatic carbocycles. The van der Waals surface area contributed by atoms with Gasteiger partial charge in [-0.05, 0) is 63.1 Å². The van der Waals surface area contributed by atoms with E-state index in [0.717, 1.165) is 37.3 Å². The van der Waals surface area contributed by atoms with Crippen molar-refractivity contribution in [2.24, 2.45) is 11.7 Å². The second-order valence-corrected chi connectivity index (χ2v) is 7.80. The van der Waals surface area contributed by atoms with Crippen molar-refractivity contribution < 1.29 is 13.2 Å². The second-order valence-electron chi connectivity index (χ2n) is 7.80. The van der Waals surface area contributed by atoms with E-state index in [1.54, 1.807) is 6.07 Å². The summed E-state index contributed by atoms with van der Waals surface area (Å²) in [6.45, 7) is 4.01. The zero-order valence-corrected chi connectivity index (χ0v) is 13.7. The van der Waals surface area contributed by atoms with Crippen molar-refractivity contribution in [1.29, 1.82) is 0 Å². The van der Waals surface area contributed by atoms with Crippen LogP contribution in [0.1, 0.15) is 57.1 Å². The Kier molecular flexibility index (Phi) is 4.00. The molecule has 2 fully saturated rings. The largest absolute Gasteiger partial charge is 0.416 e. The summed E-state index contributed by atoms with van der Waals surface area (Å²) in [6, 6.07) is 5.87. The van der Waals surface area contributed by atoms with E-state index < -0.39 is 11.7 Å². The summed E-state index contributed by atoms with van der Waals surface area (Å²) in [5.41, 5.74) is 5.80. The molecule has 0 radical (unpaired) electrons. The third-order valence-corrected chi connectivity index (χ3v) is 5.35. The van der Waals surface area contributed by atoms with Crippen LogP contribution in [0, 0.1) is 5.92 Å². The predicted molar refractivity (Wildman–Crippen MR) is 84.9 cm³/mol. The van der Waals surface area contributed by atoms with E-state index in [1.165, 1.54) is 18.6 Å². The highest BCUT2D eigenvalue weighted by molar-refractivity contribution is 5.35. The SMILES string of the molecule is CC(C)(N)C(NC1(c2cccc(C(F)(F)F)c2)CC1)C1CCC1. The highest BCUT2D eigenvalue weighted by atomic mass is 19.4. The quantitative estimate of drug-likeness (QED) is 0.851. The number of benzene rings is 1. The van der Waals surface area contributed by atoms with E-state index in [4.69, 9.17) is 5.73 Å². The van der Waals surface area contributed by atoms with E-state index >= 15 is 0 Å². The van der Waals surface area contributed by atoms with Gasteiger partial charge < -0.3 is 11.1 Å². The lowest BCUT2D eigenvalue weighted by Gasteiger charge is -2.44. The molecule has 128 valence electrons. The molecule has 0 saturated heterocycles. The van der Waals surface area contributed by atoms with Crippen LogP contribution >= 0.6 is 0 Å². The maximum absolute atomic E-state index is 13.0. The number of alkyl halides is 3. The first-order chi connectivity index (χ1) is 10.6. The van der Waals surface area contributed by atoms with Gasteiger partial charge >= 0.3 is 6.18 Å². The lowest BCUT2D eigenvalue weighted by Crippen LogP contribution is -2.60. The van der Waals surface area contributed by atoms with Gasteiger partial charge in [0.25, 0.3) is 0 Å². The number of hydrogen-bond acceptors (Lipinski definition) is 2. The maximum Gasteiger partial charge on any atom is 0.416 e. The average Bonchev–Trinajstić information content (AvgIpc) is 3.15. The third kappa shape index (κ3) is 3.41. The molecule has 0 aliphatic heterocycles. The fourth-order valence-corrected chi connectivity index (χ4v) is 3.62. The molecule has 0 amide bonds. The van der Waals surface area contributed by atoms with E-state index in [0.29, 0.717) is 5.92 Å². The summed E-state index contributed by atoms with van der Waals surface area (Å²) in [5.74, 6) is 0.526. The van der Waals surface area contributed by atoms with E-state index in [1.807, 2.05) is 13.8 Å². The number of nitrogens with two attached hydrogens (primary N) is 1. The van der Waals surface area contributed by atoms with Crippen molar-refractivity contribution in [3.05, 3.63) is 35.4 Å². The lowest BCUT2D eigenvalue weighted by molar-refractivity contribution is -0.137. The molecule has 0 aromatic heterocycles. The van der Waals surface area contributed by atoms with Crippen molar-refractivity contribution in [3.8, 4) is 0 Å². The van der Waals surface area contributed by atoms with Gasteiger partial charge in [-0.1, -0.05) is 18.6 Å². The zero-order valence-electron chi connectivity index (χ0n) is 13.7. The van der Waals surface area contributed by atoms with Crippen LogP contribution in [-0.2, 0) is 11.7 Å². The molecular weight excluding hydrogens is 301 g/mol. The Bertz CT molecular complexity index is 566. The summed E-state index contributed by atoms with van der Waals surface area (Å²) < 4.78 is 38.9. The van der Waals surface area contributed by atoms with Crippen LogP contribution < -0.4 is 11.1 Å². The molecule has 2 aliphatic carbocycles. The highest BCUT2D eigenvalue weighted by Gasteiger charge is 2.50. The van der Waals surface area contributed by atoms with Crippen molar-refractivity contribution in [2.45, 2.75) is 69.2 Å². The van der Waals surface area contributed by atoms with Crippen LogP contribution in [0.3, 0.4) is 0 Å². The molecule has 0 heterocycles. The molecule has 3 rings (SSSR count). The smallest absolute Gasteiger partial charge is 0.324 e. The van der Waals surface area contributed by atoms with Gasteiger partial charge in [-0.25, -0.2) is 0 Å². The monoisotopic (exact) mass is 326 g/mol. The Hall–Kier alpha value is -1.07. The normalized spacial score (nSPS) is 22.5. The summed E-state index contributed by atoms with van der Waals surface area (Å²) in [6.07, 6.45) is 0.956. The minimum absolute atomic E-state index is 0.133. The van der Waals surface area contributed by atoms with Gasteiger partial charge in [-0.2, -0.15) is 13.2 Å². The first kappa shape index (κ1) is 16.8. The fraction of sp³-hybridized carbons (Fsp3) is 0.667. The number of nitrogens with one attached hydrogen (secondary N) is 1. The summed E-state index contributed by atoms with van der Waals surface area (Å²) in [5, 5.41) is 3.65. The minimum atomic E-state index is -4.30. The Morgan fingerprint density at radius 3 is 2.30 bits per heavy atom. The van der Waals surface area contributed by atoms with Gasteiger partial charge in [0.2, 0.25) is 0 Å². The molecular formula is C18H25F3N2. The van der Waals surface area contributed by atoms with Crippen LogP contribution in [0.25, 0.3) is 0 Å². The van der Waals surface area contributed by atoms with E-state index in [2.05, 4.69) is 5.32 Å². The maximum atomic E-state index is 13.0. The zero-order chi connectivity index (χ0) is 16.9. The van der Waals surface area contributed by atoms with Crippen molar-refractivity contribution >= 4 is 0 Å². The van der Waals surface area contributed by atoms with Gasteiger partial charge in [-0.3, -0.25) is 0 Å². The number of hydrogen-bond donors (Lipinski definition) is 2. The summed E-state index contributed by atoms with van der Waals surface area (Å²) in [4.78, 5) is 0. The summed E-state index contributed by atoms with van der Waals surface area (Å²) >= 11 is 0.